The summed E-state index contributed by atoms with van der Waals surface area (Å²) in [4.78, 5) is 24.8. The Labute approximate surface area is 142 Å². The fourth-order valence-electron chi connectivity index (χ4n) is 1.81. The Morgan fingerprint density at radius 2 is 1.79 bits per heavy atom. The Kier molecular flexibility index (Phi) is 7.03. The summed E-state index contributed by atoms with van der Waals surface area (Å²) >= 11 is 0. The predicted molar refractivity (Wildman–Crippen MR) is 91.2 cm³/mol. The first-order valence-electron chi connectivity index (χ1n) is 7.65. The van der Waals surface area contributed by atoms with Crippen molar-refractivity contribution in [2.45, 2.75) is 39.0 Å². The van der Waals surface area contributed by atoms with Crippen molar-refractivity contribution in [1.82, 2.24) is 5.32 Å². The molecule has 0 radical (unpaired) electrons. The van der Waals surface area contributed by atoms with Gasteiger partial charge in [-0.25, -0.2) is 9.59 Å². The second kappa shape index (κ2) is 8.54. The first-order chi connectivity index (χ1) is 11.1. The minimum absolute atomic E-state index is 0.149. The van der Waals surface area contributed by atoms with Crippen LogP contribution in [0.25, 0.3) is 0 Å². The van der Waals surface area contributed by atoms with Gasteiger partial charge in [0.2, 0.25) is 0 Å². The quantitative estimate of drug-likeness (QED) is 0.793. The van der Waals surface area contributed by atoms with Crippen LogP contribution in [0.15, 0.2) is 24.3 Å². The lowest BCUT2D eigenvalue weighted by Gasteiger charge is -2.22. The molecule has 0 bridgehead atoms. The highest BCUT2D eigenvalue weighted by Gasteiger charge is 2.24. The van der Waals surface area contributed by atoms with E-state index < -0.39 is 23.7 Å². The number of carbonyl (C=O) groups excluding carboxylic acids is 1. The van der Waals surface area contributed by atoms with E-state index in [1.165, 1.54) is 0 Å². The number of carboxylic acid groups (broad SMARTS) is 1. The predicted octanol–water partition coefficient (Wildman–Crippen LogP) is 2.25. The lowest BCUT2D eigenvalue weighted by Crippen LogP contribution is -2.46. The smallest absolute Gasteiger partial charge is 0.408 e. The van der Waals surface area contributed by atoms with Gasteiger partial charge in [-0.15, -0.1) is 0 Å². The highest BCUT2D eigenvalue weighted by Crippen LogP contribution is 2.13. The van der Waals surface area contributed by atoms with Crippen LogP contribution in [0.1, 0.15) is 26.3 Å². The summed E-state index contributed by atoms with van der Waals surface area (Å²) in [6, 6.07) is 6.55. The molecule has 0 aliphatic heterocycles. The van der Waals surface area contributed by atoms with Gasteiger partial charge in [-0.3, -0.25) is 0 Å². The van der Waals surface area contributed by atoms with Gasteiger partial charge < -0.3 is 24.8 Å². The fraction of sp³-hybridized carbons (Fsp3) is 0.529. The van der Waals surface area contributed by atoms with Crippen molar-refractivity contribution in [1.29, 1.82) is 0 Å². The number of hydrogen-bond acceptors (Lipinski definition) is 5. The number of amides is 1. The van der Waals surface area contributed by atoms with Crippen molar-refractivity contribution >= 4 is 17.7 Å². The first kappa shape index (κ1) is 19.8. The van der Waals surface area contributed by atoms with Gasteiger partial charge in [-0.2, -0.15) is 0 Å². The van der Waals surface area contributed by atoms with Crippen LogP contribution in [0.5, 0.6) is 0 Å². The summed E-state index contributed by atoms with van der Waals surface area (Å²) in [5.41, 5.74) is 1.29. The molecule has 0 heterocycles. The van der Waals surface area contributed by atoms with Gasteiger partial charge in [0.05, 0.1) is 13.2 Å². The standard InChI is InChI=1S/C17H26N2O5/c1-17(2,3)24-16(22)18-14(15(20)21)11-23-10-12-6-8-13(9-7-12)19(4)5/h6-9,14H,10-11H2,1-5H3,(H,18,22)(H,20,21)/t14-/m1/s1. The number of rotatable bonds is 7. The second-order valence-electron chi connectivity index (χ2n) is 6.61. The SMILES string of the molecule is CN(C)c1ccc(COC[C@@H](NC(=O)OC(C)(C)C)C(=O)O)cc1. The maximum Gasteiger partial charge on any atom is 0.408 e. The number of aliphatic carboxylic acids is 1. The van der Waals surface area contributed by atoms with Gasteiger partial charge in [0.25, 0.3) is 0 Å². The molecule has 1 aromatic carbocycles. The third-order valence-electron chi connectivity index (χ3n) is 3.00. The maximum absolute atomic E-state index is 11.7. The molecule has 1 aromatic rings. The van der Waals surface area contributed by atoms with Crippen LogP contribution >= 0.6 is 0 Å². The molecule has 0 saturated heterocycles. The molecule has 0 aliphatic rings. The molecule has 0 fully saturated rings. The van der Waals surface area contributed by atoms with E-state index in [1.54, 1.807) is 20.8 Å². The van der Waals surface area contributed by atoms with Crippen molar-refractivity contribution < 1.29 is 24.2 Å². The second-order valence-corrected chi connectivity index (χ2v) is 6.61. The third kappa shape index (κ3) is 7.32. The number of carbonyl (C=O) groups is 2. The van der Waals surface area contributed by atoms with Crippen molar-refractivity contribution in [3.63, 3.8) is 0 Å². The summed E-state index contributed by atoms with van der Waals surface area (Å²) < 4.78 is 10.5. The molecule has 0 aromatic heterocycles. The van der Waals surface area contributed by atoms with Crippen molar-refractivity contribution in [2.24, 2.45) is 0 Å². The zero-order valence-corrected chi connectivity index (χ0v) is 14.8. The van der Waals surface area contributed by atoms with Gasteiger partial charge >= 0.3 is 12.1 Å². The molecule has 0 aliphatic carbocycles. The number of nitrogens with one attached hydrogen (secondary N) is 1. The number of hydrogen-bond donors (Lipinski definition) is 2. The lowest BCUT2D eigenvalue weighted by atomic mass is 10.2. The van der Waals surface area contributed by atoms with Gasteiger partial charge in [0, 0.05) is 19.8 Å². The molecule has 1 amide bonds. The van der Waals surface area contributed by atoms with Crippen LogP contribution in [-0.4, -0.2) is 49.5 Å². The fourth-order valence-corrected chi connectivity index (χ4v) is 1.81. The Morgan fingerprint density at radius 3 is 2.25 bits per heavy atom. The van der Waals surface area contributed by atoms with E-state index in [-0.39, 0.29) is 13.2 Å². The maximum atomic E-state index is 11.7. The molecule has 2 N–H and O–H groups in total. The topological polar surface area (TPSA) is 88.1 Å². The summed E-state index contributed by atoms with van der Waals surface area (Å²) in [5, 5.41) is 11.5. The van der Waals surface area contributed by atoms with Crippen molar-refractivity contribution in [3.05, 3.63) is 29.8 Å². The van der Waals surface area contributed by atoms with Crippen LogP contribution in [0.2, 0.25) is 0 Å². The molecule has 0 saturated carbocycles. The summed E-state index contributed by atoms with van der Waals surface area (Å²) in [7, 11) is 3.90. The number of benzene rings is 1. The zero-order chi connectivity index (χ0) is 18.3. The number of anilines is 1. The monoisotopic (exact) mass is 338 g/mol. The average Bonchev–Trinajstić information content (AvgIpc) is 2.44. The van der Waals surface area contributed by atoms with Crippen molar-refractivity contribution in [3.8, 4) is 0 Å². The van der Waals surface area contributed by atoms with Gasteiger partial charge in [0.1, 0.15) is 5.60 Å². The number of carboxylic acids is 1. The Hall–Kier alpha value is -2.28. The third-order valence-corrected chi connectivity index (χ3v) is 3.00. The van der Waals surface area contributed by atoms with Gasteiger partial charge in [-0.05, 0) is 38.5 Å². The van der Waals surface area contributed by atoms with Crippen molar-refractivity contribution in [2.75, 3.05) is 25.6 Å². The molecule has 0 spiro atoms. The lowest BCUT2D eigenvalue weighted by molar-refractivity contribution is -0.141. The molecule has 1 atom stereocenters. The molecule has 0 unspecified atom stereocenters. The Morgan fingerprint density at radius 1 is 1.21 bits per heavy atom. The Bertz CT molecular complexity index is 549. The van der Waals surface area contributed by atoms with Gasteiger partial charge in [0.15, 0.2) is 6.04 Å². The minimum atomic E-state index is -1.18. The Balaban J connectivity index is 2.49. The molecule has 134 valence electrons. The summed E-state index contributed by atoms with van der Waals surface area (Å²) in [6.45, 7) is 5.22. The first-order valence-corrected chi connectivity index (χ1v) is 7.65. The van der Waals surface area contributed by atoms with Crippen LogP contribution in [0.4, 0.5) is 10.5 Å². The largest absolute Gasteiger partial charge is 0.480 e. The zero-order valence-electron chi connectivity index (χ0n) is 14.8. The van der Waals surface area contributed by atoms with Crippen LogP contribution in [0.3, 0.4) is 0 Å². The van der Waals surface area contributed by atoms with Crippen LogP contribution in [-0.2, 0) is 20.9 Å². The molecule has 1 rings (SSSR count). The van der Waals surface area contributed by atoms with Crippen LogP contribution in [0, 0.1) is 0 Å². The normalized spacial score (nSPS) is 12.4. The molecular weight excluding hydrogens is 312 g/mol. The van der Waals surface area contributed by atoms with E-state index in [0.29, 0.717) is 0 Å². The highest BCUT2D eigenvalue weighted by atomic mass is 16.6. The average molecular weight is 338 g/mol. The molecule has 24 heavy (non-hydrogen) atoms. The number of nitrogens with zero attached hydrogens (tertiary/aromatic N) is 1. The highest BCUT2D eigenvalue weighted by molar-refractivity contribution is 5.80. The molecule has 7 heteroatoms. The molecular formula is C17H26N2O5. The van der Waals surface area contributed by atoms with E-state index in [4.69, 9.17) is 14.6 Å². The van der Waals surface area contributed by atoms with E-state index in [0.717, 1.165) is 11.3 Å². The van der Waals surface area contributed by atoms with Gasteiger partial charge in [-0.1, -0.05) is 12.1 Å². The van der Waals surface area contributed by atoms with Crippen LogP contribution < -0.4 is 10.2 Å². The number of ether oxygens (including phenoxy) is 2. The number of alkyl carbamates (subject to hydrolysis) is 1. The van der Waals surface area contributed by atoms with E-state index >= 15 is 0 Å². The molecule has 7 nitrogen and oxygen atoms in total. The van der Waals surface area contributed by atoms with E-state index in [1.807, 2.05) is 43.3 Å². The minimum Gasteiger partial charge on any atom is -0.480 e. The van der Waals surface area contributed by atoms with E-state index in [9.17, 15) is 9.59 Å². The van der Waals surface area contributed by atoms with E-state index in [2.05, 4.69) is 5.32 Å². The summed E-state index contributed by atoms with van der Waals surface area (Å²) in [6.07, 6.45) is -0.783. The summed E-state index contributed by atoms with van der Waals surface area (Å²) in [5.74, 6) is -1.18.